The molecule has 0 bridgehead atoms. The molecule has 1 aromatic rings. The Balaban J connectivity index is 0.00000529. The Labute approximate surface area is 163 Å². The number of hydrogen-bond donors (Lipinski definition) is 2. The molecule has 0 aliphatic carbocycles. The van der Waals surface area contributed by atoms with Gasteiger partial charge >= 0.3 is 0 Å². The van der Waals surface area contributed by atoms with Crippen LogP contribution in [0.2, 0.25) is 0 Å². The number of nitrogens with zero attached hydrogens (tertiary/aromatic N) is 2. The van der Waals surface area contributed by atoms with Crippen molar-refractivity contribution in [3.63, 3.8) is 0 Å². The van der Waals surface area contributed by atoms with Gasteiger partial charge in [-0.2, -0.15) is 0 Å². The first kappa shape index (κ1) is 22.9. The molecule has 24 heavy (non-hydrogen) atoms. The number of methoxy groups -OCH3 is 1. The molecule has 0 aliphatic heterocycles. The number of nitrogens with one attached hydrogen (secondary N) is 2. The van der Waals surface area contributed by atoms with E-state index in [0.29, 0.717) is 13.2 Å². The van der Waals surface area contributed by atoms with Gasteiger partial charge in [0.05, 0.1) is 13.2 Å². The number of benzene rings is 1. The maximum Gasteiger partial charge on any atom is 0.191 e. The molecule has 0 heterocycles. The average molecular weight is 450 g/mol. The predicted octanol–water partition coefficient (Wildman–Crippen LogP) is 1.95. The van der Waals surface area contributed by atoms with Crippen LogP contribution in [-0.4, -0.2) is 65.4 Å². The lowest BCUT2D eigenvalue weighted by Crippen LogP contribution is -2.38. The van der Waals surface area contributed by atoms with Gasteiger partial charge in [-0.25, -0.2) is 0 Å². The van der Waals surface area contributed by atoms with Crippen molar-refractivity contribution < 1.29 is 9.47 Å². The summed E-state index contributed by atoms with van der Waals surface area (Å²) in [5.41, 5.74) is 1.18. The van der Waals surface area contributed by atoms with Crippen molar-refractivity contribution in [2.45, 2.75) is 13.0 Å². The second kappa shape index (κ2) is 14.3. The number of halogens is 1. The molecule has 0 spiro atoms. The van der Waals surface area contributed by atoms with E-state index >= 15 is 0 Å². The number of guanidine groups is 1. The standard InChI is InChI=1S/C17H30N4O2.HI/c1-18-17(19-10-13-22-4)20-14-15-6-8-16(9-7-15)23-12-5-11-21(2)3;/h6-9H,5,10-14H2,1-4H3,(H2,18,19,20);1H. The summed E-state index contributed by atoms with van der Waals surface area (Å²) in [6.45, 7) is 3.88. The maximum absolute atomic E-state index is 5.73. The van der Waals surface area contributed by atoms with Crippen LogP contribution in [0.4, 0.5) is 0 Å². The smallest absolute Gasteiger partial charge is 0.191 e. The highest BCUT2D eigenvalue weighted by Gasteiger charge is 1.99. The maximum atomic E-state index is 5.73. The molecule has 0 saturated carbocycles. The van der Waals surface area contributed by atoms with E-state index in [1.54, 1.807) is 14.2 Å². The van der Waals surface area contributed by atoms with Gasteiger partial charge in [0, 0.05) is 33.8 Å². The van der Waals surface area contributed by atoms with Crippen molar-refractivity contribution in [1.82, 2.24) is 15.5 Å². The van der Waals surface area contributed by atoms with Gasteiger partial charge in [0.2, 0.25) is 0 Å². The lowest BCUT2D eigenvalue weighted by Gasteiger charge is -2.12. The summed E-state index contributed by atoms with van der Waals surface area (Å²) < 4.78 is 10.7. The van der Waals surface area contributed by atoms with E-state index in [9.17, 15) is 0 Å². The fraction of sp³-hybridized carbons (Fsp3) is 0.588. The van der Waals surface area contributed by atoms with Crippen LogP contribution in [0.5, 0.6) is 5.75 Å². The molecule has 0 amide bonds. The van der Waals surface area contributed by atoms with Crippen LogP contribution in [0.15, 0.2) is 29.3 Å². The molecular weight excluding hydrogens is 419 g/mol. The SMILES string of the molecule is CN=C(NCCOC)NCc1ccc(OCCCN(C)C)cc1.I. The number of aliphatic imine (C=N–C) groups is 1. The molecule has 6 nitrogen and oxygen atoms in total. The predicted molar refractivity (Wildman–Crippen MR) is 111 cm³/mol. The highest BCUT2D eigenvalue weighted by Crippen LogP contribution is 2.12. The molecule has 0 aliphatic rings. The van der Waals surface area contributed by atoms with Crippen LogP contribution in [0.1, 0.15) is 12.0 Å². The zero-order chi connectivity index (χ0) is 16.9. The lowest BCUT2D eigenvalue weighted by atomic mass is 10.2. The molecule has 0 saturated heterocycles. The van der Waals surface area contributed by atoms with Gasteiger partial charge in [-0.1, -0.05) is 12.1 Å². The molecule has 0 fully saturated rings. The third-order valence-corrected chi connectivity index (χ3v) is 3.22. The second-order valence-electron chi connectivity index (χ2n) is 5.49. The summed E-state index contributed by atoms with van der Waals surface area (Å²) in [7, 11) is 7.58. The largest absolute Gasteiger partial charge is 0.494 e. The summed E-state index contributed by atoms with van der Waals surface area (Å²) in [6.07, 6.45) is 1.03. The highest BCUT2D eigenvalue weighted by molar-refractivity contribution is 14.0. The van der Waals surface area contributed by atoms with E-state index in [-0.39, 0.29) is 24.0 Å². The Morgan fingerprint density at radius 3 is 2.42 bits per heavy atom. The first-order chi connectivity index (χ1) is 11.2. The fourth-order valence-corrected chi connectivity index (χ4v) is 1.95. The summed E-state index contributed by atoms with van der Waals surface area (Å²) in [5.74, 6) is 1.68. The van der Waals surface area contributed by atoms with Gasteiger partial charge in [0.15, 0.2) is 5.96 Å². The first-order valence-electron chi connectivity index (χ1n) is 7.95. The second-order valence-corrected chi connectivity index (χ2v) is 5.49. The van der Waals surface area contributed by atoms with Crippen molar-refractivity contribution in [3.05, 3.63) is 29.8 Å². The summed E-state index contributed by atoms with van der Waals surface area (Å²) in [5, 5.41) is 6.45. The Kier molecular flexibility index (Phi) is 13.7. The zero-order valence-corrected chi connectivity index (χ0v) is 17.5. The molecule has 1 rings (SSSR count). The topological polar surface area (TPSA) is 58.1 Å². The minimum Gasteiger partial charge on any atom is -0.494 e. The number of rotatable bonds is 10. The quantitative estimate of drug-likeness (QED) is 0.247. The van der Waals surface area contributed by atoms with E-state index in [1.165, 1.54) is 5.56 Å². The Hall–Kier alpha value is -1.06. The van der Waals surface area contributed by atoms with Crippen molar-refractivity contribution in [1.29, 1.82) is 0 Å². The van der Waals surface area contributed by atoms with E-state index in [2.05, 4.69) is 46.8 Å². The van der Waals surface area contributed by atoms with Gasteiger partial charge in [-0.15, -0.1) is 24.0 Å². The highest BCUT2D eigenvalue weighted by atomic mass is 127. The molecule has 0 unspecified atom stereocenters. The van der Waals surface area contributed by atoms with Crippen molar-refractivity contribution in [2.24, 2.45) is 4.99 Å². The van der Waals surface area contributed by atoms with Gasteiger partial charge in [0.25, 0.3) is 0 Å². The first-order valence-corrected chi connectivity index (χ1v) is 7.95. The number of hydrogen-bond acceptors (Lipinski definition) is 4. The van der Waals surface area contributed by atoms with Gasteiger partial charge < -0.3 is 25.0 Å². The average Bonchev–Trinajstić information content (AvgIpc) is 2.56. The van der Waals surface area contributed by atoms with E-state index in [1.807, 2.05) is 12.1 Å². The zero-order valence-electron chi connectivity index (χ0n) is 15.2. The molecule has 7 heteroatoms. The minimum atomic E-state index is 0. The molecule has 138 valence electrons. The van der Waals surface area contributed by atoms with Crippen molar-refractivity contribution >= 4 is 29.9 Å². The lowest BCUT2D eigenvalue weighted by molar-refractivity contribution is 0.203. The summed E-state index contributed by atoms with van der Waals surface area (Å²) in [6, 6.07) is 8.15. The summed E-state index contributed by atoms with van der Waals surface area (Å²) in [4.78, 5) is 6.33. The minimum absolute atomic E-state index is 0. The van der Waals surface area contributed by atoms with Crippen molar-refractivity contribution in [3.8, 4) is 5.75 Å². The van der Waals surface area contributed by atoms with Gasteiger partial charge in [0.1, 0.15) is 5.75 Å². The van der Waals surface area contributed by atoms with Crippen LogP contribution < -0.4 is 15.4 Å². The molecule has 0 radical (unpaired) electrons. The monoisotopic (exact) mass is 450 g/mol. The van der Waals surface area contributed by atoms with E-state index in [0.717, 1.165) is 37.8 Å². The van der Waals surface area contributed by atoms with Gasteiger partial charge in [-0.3, -0.25) is 4.99 Å². The Bertz CT molecular complexity index is 452. The van der Waals surface area contributed by atoms with Crippen LogP contribution in [0.25, 0.3) is 0 Å². The Morgan fingerprint density at radius 2 is 1.83 bits per heavy atom. The molecule has 0 aromatic heterocycles. The van der Waals surface area contributed by atoms with Crippen LogP contribution >= 0.6 is 24.0 Å². The van der Waals surface area contributed by atoms with Crippen LogP contribution in [0.3, 0.4) is 0 Å². The van der Waals surface area contributed by atoms with E-state index in [4.69, 9.17) is 9.47 Å². The fourth-order valence-electron chi connectivity index (χ4n) is 1.95. The van der Waals surface area contributed by atoms with Gasteiger partial charge in [-0.05, 0) is 38.2 Å². The van der Waals surface area contributed by atoms with E-state index < -0.39 is 0 Å². The molecule has 0 atom stereocenters. The molecule has 2 N–H and O–H groups in total. The molecule has 1 aromatic carbocycles. The summed E-state index contributed by atoms with van der Waals surface area (Å²) >= 11 is 0. The van der Waals surface area contributed by atoms with Crippen LogP contribution in [0, 0.1) is 0 Å². The molecular formula is C17H31IN4O2. The number of ether oxygens (including phenoxy) is 2. The normalized spacial score (nSPS) is 11.1. The van der Waals surface area contributed by atoms with Crippen LogP contribution in [-0.2, 0) is 11.3 Å². The third-order valence-electron chi connectivity index (χ3n) is 3.22. The van der Waals surface area contributed by atoms with Crippen molar-refractivity contribution in [2.75, 3.05) is 54.6 Å². The Morgan fingerprint density at radius 1 is 1.12 bits per heavy atom. The third kappa shape index (κ3) is 10.7.